The number of aryl methyl sites for hydroxylation is 1. The summed E-state index contributed by atoms with van der Waals surface area (Å²) in [5.74, 6) is 0.989. The molecule has 3 atom stereocenters. The number of anilines is 3. The lowest BCUT2D eigenvalue weighted by Crippen LogP contribution is -2.59. The van der Waals surface area contributed by atoms with E-state index < -0.39 is 11.8 Å². The number of piperidine rings is 1. The minimum absolute atomic E-state index is 0.182. The molecular formula is C29H35FN8O2S. The Morgan fingerprint density at radius 1 is 1.20 bits per heavy atom. The Kier molecular flexibility index (Phi) is 6.13. The molecule has 0 unspecified atom stereocenters. The number of fused-ring (bicyclic) bond motifs is 3. The molecule has 0 amide bonds. The maximum absolute atomic E-state index is 14.4. The number of thiophene rings is 1. The quantitative estimate of drug-likeness (QED) is 0.514. The maximum atomic E-state index is 14.4. The molecule has 12 heteroatoms. The van der Waals surface area contributed by atoms with Crippen LogP contribution in [0.2, 0.25) is 0 Å². The van der Waals surface area contributed by atoms with Gasteiger partial charge in [-0.3, -0.25) is 4.90 Å². The Balaban J connectivity index is 1.23. The second kappa shape index (κ2) is 9.41. The van der Waals surface area contributed by atoms with Gasteiger partial charge in [-0.2, -0.15) is 15.2 Å². The van der Waals surface area contributed by atoms with Crippen LogP contribution in [0, 0.1) is 17.9 Å². The number of aromatic nitrogens is 2. The standard InChI is InChI=1S/C29H35FN8O2S/c1-27(39)6-3-9-36(14-27)24-22(33-2)25(35-26(34-24)40-17-29-7-4-10-38(29)13-18(30)11-29)37-15-28(16-37)8-5-20-21(28)19(12-31)23(32)41-20/h18,39H,3-11,13-17,32H2,1H3/t18-,27-,29+/m1/s1. The predicted octanol–water partition coefficient (Wildman–Crippen LogP) is 3.55. The summed E-state index contributed by atoms with van der Waals surface area (Å²) in [7, 11) is 0. The van der Waals surface area contributed by atoms with Gasteiger partial charge in [-0.15, -0.1) is 11.3 Å². The summed E-state index contributed by atoms with van der Waals surface area (Å²) in [5.41, 5.74) is 6.78. The van der Waals surface area contributed by atoms with Gasteiger partial charge in [0.1, 0.15) is 35.5 Å². The summed E-state index contributed by atoms with van der Waals surface area (Å²) in [6, 6.07) is 2.50. The molecule has 0 saturated carbocycles. The maximum Gasteiger partial charge on any atom is 0.317 e. The molecule has 2 aromatic heterocycles. The topological polar surface area (TPSA) is 119 Å². The molecule has 3 N–H and O–H groups in total. The lowest BCUT2D eigenvalue weighted by Gasteiger charge is -2.50. The molecule has 7 rings (SSSR count). The van der Waals surface area contributed by atoms with Gasteiger partial charge >= 0.3 is 6.01 Å². The molecule has 216 valence electrons. The van der Waals surface area contributed by atoms with Gasteiger partial charge < -0.3 is 25.4 Å². The fourth-order valence-electron chi connectivity index (χ4n) is 8.04. The largest absolute Gasteiger partial charge is 0.461 e. The van der Waals surface area contributed by atoms with E-state index in [2.05, 4.69) is 20.7 Å². The average molecular weight is 579 g/mol. The molecule has 0 radical (unpaired) electrons. The third-order valence-corrected chi connectivity index (χ3v) is 11.0. The van der Waals surface area contributed by atoms with Crippen LogP contribution >= 0.6 is 11.3 Å². The monoisotopic (exact) mass is 578 g/mol. The Hall–Kier alpha value is -3.19. The average Bonchev–Trinajstić information content (AvgIpc) is 3.63. The van der Waals surface area contributed by atoms with Gasteiger partial charge in [0.2, 0.25) is 0 Å². The van der Waals surface area contributed by atoms with Gasteiger partial charge in [0.15, 0.2) is 0 Å². The molecule has 4 aliphatic heterocycles. The van der Waals surface area contributed by atoms with E-state index in [-0.39, 0.29) is 17.0 Å². The SMILES string of the molecule is [C-]#[N+]c1c(N2CC3(CCc4sc(N)c(C#N)c43)C2)nc(OC[C@@]23CCCN2C[C@H](F)C3)nc1N1CCC[C@@](C)(O)C1. The lowest BCUT2D eigenvalue weighted by atomic mass is 9.74. The van der Waals surface area contributed by atoms with Crippen molar-refractivity contribution in [3.8, 4) is 12.1 Å². The Morgan fingerprint density at radius 3 is 2.68 bits per heavy atom. The first kappa shape index (κ1) is 26.7. The molecule has 1 aliphatic carbocycles. The number of alkyl halides is 1. The van der Waals surface area contributed by atoms with E-state index in [4.69, 9.17) is 27.0 Å². The Morgan fingerprint density at radius 2 is 1.95 bits per heavy atom. The van der Waals surface area contributed by atoms with E-state index >= 15 is 0 Å². The molecule has 4 saturated heterocycles. The summed E-state index contributed by atoms with van der Waals surface area (Å²) in [6.07, 6.45) is 4.78. The van der Waals surface area contributed by atoms with E-state index in [1.165, 1.54) is 16.2 Å². The van der Waals surface area contributed by atoms with Crippen LogP contribution in [0.15, 0.2) is 0 Å². The van der Waals surface area contributed by atoms with Crippen LogP contribution in [0.4, 0.5) is 26.7 Å². The molecule has 2 aromatic rings. The summed E-state index contributed by atoms with van der Waals surface area (Å²) in [6.45, 7) is 13.8. The molecule has 0 bridgehead atoms. The fraction of sp³-hybridized carbons (Fsp3) is 0.655. The lowest BCUT2D eigenvalue weighted by molar-refractivity contribution is 0.0446. The predicted molar refractivity (Wildman–Crippen MR) is 155 cm³/mol. The highest BCUT2D eigenvalue weighted by molar-refractivity contribution is 7.16. The minimum Gasteiger partial charge on any atom is -0.461 e. The first-order chi connectivity index (χ1) is 19.7. The number of β-amino-alcohol motifs (C(OH)–C–C–N with tert-alkyl or cyclic N) is 1. The second-order valence-electron chi connectivity index (χ2n) is 12.9. The number of hydrogen-bond donors (Lipinski definition) is 2. The molecule has 6 heterocycles. The normalized spacial score (nSPS) is 30.1. The van der Waals surface area contributed by atoms with E-state index in [9.17, 15) is 14.8 Å². The van der Waals surface area contributed by atoms with Crippen molar-refractivity contribution in [1.82, 2.24) is 14.9 Å². The second-order valence-corrected chi connectivity index (χ2v) is 14.0. The summed E-state index contributed by atoms with van der Waals surface area (Å²) in [5, 5.41) is 21.2. The van der Waals surface area contributed by atoms with Crippen LogP contribution in [-0.2, 0) is 11.8 Å². The highest BCUT2D eigenvalue weighted by Crippen LogP contribution is 2.54. The highest BCUT2D eigenvalue weighted by atomic mass is 32.1. The van der Waals surface area contributed by atoms with E-state index in [1.807, 2.05) is 11.8 Å². The molecule has 4 fully saturated rings. The van der Waals surface area contributed by atoms with Crippen molar-refractivity contribution in [2.24, 2.45) is 0 Å². The van der Waals surface area contributed by atoms with Crippen molar-refractivity contribution in [1.29, 1.82) is 5.26 Å². The van der Waals surface area contributed by atoms with E-state index in [0.717, 1.165) is 44.2 Å². The molecule has 10 nitrogen and oxygen atoms in total. The number of aliphatic hydroxyl groups is 1. The molecular weight excluding hydrogens is 543 g/mol. The first-order valence-electron chi connectivity index (χ1n) is 14.5. The van der Waals surface area contributed by atoms with Gasteiger partial charge in [0.05, 0.1) is 23.3 Å². The van der Waals surface area contributed by atoms with Gasteiger partial charge in [-0.1, -0.05) is 0 Å². The Labute approximate surface area is 243 Å². The van der Waals surface area contributed by atoms with Gasteiger partial charge in [0.25, 0.3) is 5.69 Å². The Bertz CT molecular complexity index is 1470. The third-order valence-electron chi connectivity index (χ3n) is 9.91. The number of rotatable bonds is 5. The van der Waals surface area contributed by atoms with Crippen molar-refractivity contribution in [3.63, 3.8) is 0 Å². The van der Waals surface area contributed by atoms with Crippen LogP contribution in [0.5, 0.6) is 6.01 Å². The highest BCUT2D eigenvalue weighted by Gasteiger charge is 2.53. The number of nitrogens with zero attached hydrogens (tertiary/aromatic N) is 7. The van der Waals surface area contributed by atoms with Crippen LogP contribution in [0.1, 0.15) is 61.5 Å². The van der Waals surface area contributed by atoms with E-state index in [0.29, 0.717) is 80.1 Å². The molecule has 0 aromatic carbocycles. The van der Waals surface area contributed by atoms with Crippen molar-refractivity contribution >= 4 is 33.7 Å². The van der Waals surface area contributed by atoms with Gasteiger partial charge in [-0.25, -0.2) is 9.24 Å². The van der Waals surface area contributed by atoms with Crippen LogP contribution in [-0.4, -0.2) is 83.2 Å². The number of nitrogens with two attached hydrogens (primary N) is 1. The number of ether oxygens (including phenoxy) is 1. The minimum atomic E-state index is -0.888. The van der Waals surface area contributed by atoms with Crippen molar-refractivity contribution in [2.75, 3.05) is 61.4 Å². The van der Waals surface area contributed by atoms with E-state index in [1.54, 1.807) is 0 Å². The molecule has 1 spiro atoms. The first-order valence-corrected chi connectivity index (χ1v) is 15.3. The van der Waals surface area contributed by atoms with Crippen LogP contribution in [0.25, 0.3) is 4.85 Å². The van der Waals surface area contributed by atoms with Crippen molar-refractivity contribution < 1.29 is 14.2 Å². The van der Waals surface area contributed by atoms with Crippen molar-refractivity contribution in [2.45, 2.75) is 74.6 Å². The number of nitrogen functional groups attached to an aromatic ring is 1. The van der Waals surface area contributed by atoms with Gasteiger partial charge in [0, 0.05) is 49.4 Å². The summed E-state index contributed by atoms with van der Waals surface area (Å²) < 4.78 is 20.7. The van der Waals surface area contributed by atoms with Crippen LogP contribution < -0.4 is 20.3 Å². The smallest absolute Gasteiger partial charge is 0.317 e. The number of halogens is 1. The molecule has 41 heavy (non-hydrogen) atoms. The third kappa shape index (κ3) is 4.22. The van der Waals surface area contributed by atoms with Crippen LogP contribution in [0.3, 0.4) is 0 Å². The van der Waals surface area contributed by atoms with Gasteiger partial charge in [-0.05, 0) is 57.6 Å². The zero-order chi connectivity index (χ0) is 28.6. The summed E-state index contributed by atoms with van der Waals surface area (Å²) in [4.78, 5) is 20.9. The molecule has 5 aliphatic rings. The fourth-order valence-corrected chi connectivity index (χ4v) is 9.18. The zero-order valence-electron chi connectivity index (χ0n) is 23.3. The number of nitriles is 1. The van der Waals surface area contributed by atoms with Crippen molar-refractivity contribution in [3.05, 3.63) is 27.4 Å². The summed E-state index contributed by atoms with van der Waals surface area (Å²) >= 11 is 1.52. The number of hydrogen-bond acceptors (Lipinski definition) is 10. The zero-order valence-corrected chi connectivity index (χ0v) is 24.1.